The van der Waals surface area contributed by atoms with Crippen LogP contribution in [0.2, 0.25) is 0 Å². The Labute approximate surface area is 187 Å². The fraction of sp³-hybridized carbons (Fsp3) is 0.174. The van der Waals surface area contributed by atoms with Gasteiger partial charge in [0.1, 0.15) is 11.6 Å². The summed E-state index contributed by atoms with van der Waals surface area (Å²) >= 11 is 0. The Morgan fingerprint density at radius 3 is 2.22 bits per heavy atom. The average molecular weight is 450 g/mol. The number of ether oxygens (including phenoxy) is 1. The first kappa shape index (κ1) is 21.5. The lowest BCUT2D eigenvalue weighted by Crippen LogP contribution is -2.12. The maximum atomic E-state index is 12.5. The van der Waals surface area contributed by atoms with E-state index in [2.05, 4.69) is 19.8 Å². The average Bonchev–Trinajstić information content (AvgIpc) is 3.02. The lowest BCUT2D eigenvalue weighted by Gasteiger charge is -2.11. The fourth-order valence-corrected chi connectivity index (χ4v) is 4.23. The minimum atomic E-state index is -3.65. The standard InChI is InChI=1S/C23H23N5O3S/c1-15-16(2)26-28(17(15)3)22-14-23(25-18(4)24-22)31-20-12-10-19(11-13-20)27-32(29,30)21-8-6-5-7-9-21/h5-14,27H,1-4H3. The van der Waals surface area contributed by atoms with Crippen molar-refractivity contribution in [2.24, 2.45) is 0 Å². The van der Waals surface area contributed by atoms with E-state index in [0.717, 1.165) is 17.0 Å². The van der Waals surface area contributed by atoms with Gasteiger partial charge in [0.25, 0.3) is 10.0 Å². The van der Waals surface area contributed by atoms with Crippen LogP contribution in [-0.2, 0) is 10.0 Å². The van der Waals surface area contributed by atoms with Gasteiger partial charge in [0, 0.05) is 17.4 Å². The minimum Gasteiger partial charge on any atom is -0.439 e. The van der Waals surface area contributed by atoms with Crippen molar-refractivity contribution in [1.29, 1.82) is 0 Å². The van der Waals surface area contributed by atoms with Gasteiger partial charge in [0.2, 0.25) is 5.88 Å². The highest BCUT2D eigenvalue weighted by Crippen LogP contribution is 2.25. The number of anilines is 1. The van der Waals surface area contributed by atoms with E-state index in [1.54, 1.807) is 72.3 Å². The Morgan fingerprint density at radius 2 is 1.59 bits per heavy atom. The monoisotopic (exact) mass is 449 g/mol. The van der Waals surface area contributed by atoms with Crippen molar-refractivity contribution >= 4 is 15.7 Å². The molecule has 0 aliphatic heterocycles. The summed E-state index contributed by atoms with van der Waals surface area (Å²) in [5, 5.41) is 4.55. The van der Waals surface area contributed by atoms with Crippen molar-refractivity contribution in [2.75, 3.05) is 4.72 Å². The highest BCUT2D eigenvalue weighted by molar-refractivity contribution is 7.92. The molecule has 0 fully saturated rings. The molecule has 0 aliphatic carbocycles. The number of hydrogen-bond donors (Lipinski definition) is 1. The molecule has 2 aromatic heterocycles. The number of hydrogen-bond acceptors (Lipinski definition) is 6. The highest BCUT2D eigenvalue weighted by Gasteiger charge is 2.15. The molecule has 0 aliphatic rings. The molecular formula is C23H23N5O3S. The van der Waals surface area contributed by atoms with Crippen molar-refractivity contribution < 1.29 is 13.2 Å². The molecule has 0 saturated carbocycles. The fourth-order valence-electron chi connectivity index (χ4n) is 3.16. The lowest BCUT2D eigenvalue weighted by atomic mass is 10.2. The molecule has 0 spiro atoms. The van der Waals surface area contributed by atoms with Crippen molar-refractivity contribution in [3.05, 3.63) is 83.4 Å². The predicted molar refractivity (Wildman–Crippen MR) is 122 cm³/mol. The first-order chi connectivity index (χ1) is 15.2. The number of sulfonamides is 1. The Kier molecular flexibility index (Phi) is 5.67. The molecule has 2 heterocycles. The smallest absolute Gasteiger partial charge is 0.261 e. The number of aryl methyl sites for hydroxylation is 2. The normalized spacial score (nSPS) is 11.4. The van der Waals surface area contributed by atoms with Crippen molar-refractivity contribution in [3.8, 4) is 17.4 Å². The third-order valence-electron chi connectivity index (χ3n) is 5.05. The SMILES string of the molecule is Cc1nc(Oc2ccc(NS(=O)(=O)c3ccccc3)cc2)cc(-n2nc(C)c(C)c2C)n1. The molecule has 1 N–H and O–H groups in total. The molecule has 164 valence electrons. The summed E-state index contributed by atoms with van der Waals surface area (Å²) < 4.78 is 35.2. The van der Waals surface area contributed by atoms with Crippen LogP contribution in [0.1, 0.15) is 22.8 Å². The topological polar surface area (TPSA) is 99.0 Å². The third-order valence-corrected chi connectivity index (χ3v) is 6.45. The number of nitrogens with one attached hydrogen (secondary N) is 1. The summed E-state index contributed by atoms with van der Waals surface area (Å²) in [6.45, 7) is 7.75. The molecule has 0 amide bonds. The summed E-state index contributed by atoms with van der Waals surface area (Å²) in [6, 6.07) is 16.5. The minimum absolute atomic E-state index is 0.198. The van der Waals surface area contributed by atoms with Gasteiger partial charge in [-0.15, -0.1) is 0 Å². The largest absolute Gasteiger partial charge is 0.439 e. The van der Waals surface area contributed by atoms with E-state index in [-0.39, 0.29) is 4.90 Å². The summed E-state index contributed by atoms with van der Waals surface area (Å²) in [6.07, 6.45) is 0. The summed E-state index contributed by atoms with van der Waals surface area (Å²) in [5.41, 5.74) is 3.48. The summed E-state index contributed by atoms with van der Waals surface area (Å²) in [4.78, 5) is 9.02. The van der Waals surface area contributed by atoms with E-state index < -0.39 is 10.0 Å². The lowest BCUT2D eigenvalue weighted by molar-refractivity contribution is 0.459. The molecule has 4 rings (SSSR count). The van der Waals surface area contributed by atoms with Gasteiger partial charge in [-0.1, -0.05) is 18.2 Å². The Morgan fingerprint density at radius 1 is 0.906 bits per heavy atom. The maximum Gasteiger partial charge on any atom is 0.261 e. The zero-order chi connectivity index (χ0) is 22.9. The van der Waals surface area contributed by atoms with Crippen LogP contribution in [-0.4, -0.2) is 28.2 Å². The Balaban J connectivity index is 1.54. The first-order valence-corrected chi connectivity index (χ1v) is 11.5. The zero-order valence-corrected chi connectivity index (χ0v) is 19.0. The second-order valence-electron chi connectivity index (χ2n) is 7.36. The predicted octanol–water partition coefficient (Wildman–Crippen LogP) is 4.49. The van der Waals surface area contributed by atoms with Crippen LogP contribution in [0, 0.1) is 27.7 Å². The quantitative estimate of drug-likeness (QED) is 0.466. The van der Waals surface area contributed by atoms with Gasteiger partial charge in [0.05, 0.1) is 10.6 Å². The van der Waals surface area contributed by atoms with E-state index in [0.29, 0.717) is 29.0 Å². The number of nitrogens with zero attached hydrogens (tertiary/aromatic N) is 4. The Hall–Kier alpha value is -3.72. The van der Waals surface area contributed by atoms with Gasteiger partial charge in [-0.3, -0.25) is 4.72 Å². The van der Waals surface area contributed by atoms with Gasteiger partial charge in [-0.2, -0.15) is 10.1 Å². The van der Waals surface area contributed by atoms with Crippen molar-refractivity contribution in [3.63, 3.8) is 0 Å². The van der Waals surface area contributed by atoms with E-state index >= 15 is 0 Å². The van der Waals surface area contributed by atoms with Gasteiger partial charge in [-0.25, -0.2) is 18.1 Å². The van der Waals surface area contributed by atoms with Crippen LogP contribution in [0.25, 0.3) is 5.82 Å². The summed E-state index contributed by atoms with van der Waals surface area (Å²) in [5.74, 6) is 2.06. The molecule has 0 unspecified atom stereocenters. The maximum absolute atomic E-state index is 12.5. The molecule has 4 aromatic rings. The molecule has 0 bridgehead atoms. The first-order valence-electron chi connectivity index (χ1n) is 9.97. The number of benzene rings is 2. The third kappa shape index (κ3) is 4.47. The van der Waals surface area contributed by atoms with Crippen LogP contribution in [0.3, 0.4) is 0 Å². The van der Waals surface area contributed by atoms with Crippen LogP contribution >= 0.6 is 0 Å². The van der Waals surface area contributed by atoms with Crippen LogP contribution < -0.4 is 9.46 Å². The van der Waals surface area contributed by atoms with Crippen molar-refractivity contribution in [1.82, 2.24) is 19.7 Å². The molecule has 0 atom stereocenters. The van der Waals surface area contributed by atoms with Gasteiger partial charge in [-0.05, 0) is 69.7 Å². The van der Waals surface area contributed by atoms with E-state index in [9.17, 15) is 8.42 Å². The molecule has 8 nitrogen and oxygen atoms in total. The van der Waals surface area contributed by atoms with E-state index in [1.165, 1.54) is 0 Å². The van der Waals surface area contributed by atoms with E-state index in [1.807, 2.05) is 20.8 Å². The van der Waals surface area contributed by atoms with Gasteiger partial charge < -0.3 is 4.74 Å². The molecule has 0 saturated heterocycles. The Bertz CT molecular complexity index is 1370. The summed E-state index contributed by atoms with van der Waals surface area (Å²) in [7, 11) is -3.65. The van der Waals surface area contributed by atoms with E-state index in [4.69, 9.17) is 4.74 Å². The second-order valence-corrected chi connectivity index (χ2v) is 9.05. The molecular weight excluding hydrogens is 426 g/mol. The van der Waals surface area contributed by atoms with Crippen LogP contribution in [0.4, 0.5) is 5.69 Å². The highest BCUT2D eigenvalue weighted by atomic mass is 32.2. The van der Waals surface area contributed by atoms with Crippen LogP contribution in [0.5, 0.6) is 11.6 Å². The molecule has 9 heteroatoms. The number of aromatic nitrogens is 4. The number of rotatable bonds is 6. The van der Waals surface area contributed by atoms with Gasteiger partial charge in [0.15, 0.2) is 5.82 Å². The molecule has 0 radical (unpaired) electrons. The van der Waals surface area contributed by atoms with Crippen molar-refractivity contribution in [2.45, 2.75) is 32.6 Å². The molecule has 32 heavy (non-hydrogen) atoms. The zero-order valence-electron chi connectivity index (χ0n) is 18.2. The van der Waals surface area contributed by atoms with Crippen LogP contribution in [0.15, 0.2) is 65.6 Å². The second kappa shape index (κ2) is 8.43. The molecule has 2 aromatic carbocycles. The van der Waals surface area contributed by atoms with Gasteiger partial charge >= 0.3 is 0 Å².